The van der Waals surface area contributed by atoms with E-state index in [9.17, 15) is 0 Å². The van der Waals surface area contributed by atoms with Crippen LogP contribution >= 0.6 is 0 Å². The van der Waals surface area contributed by atoms with Crippen molar-refractivity contribution in [1.82, 2.24) is 4.98 Å². The Kier molecular flexibility index (Phi) is 6.22. The number of ether oxygens (including phenoxy) is 1. The van der Waals surface area contributed by atoms with E-state index in [2.05, 4.69) is 17.2 Å². The summed E-state index contributed by atoms with van der Waals surface area (Å²) >= 11 is 0. The normalized spacial score (nSPS) is 10.2. The van der Waals surface area contributed by atoms with Crippen molar-refractivity contribution in [2.75, 3.05) is 24.2 Å². The van der Waals surface area contributed by atoms with Crippen molar-refractivity contribution in [3.05, 3.63) is 12.1 Å². The summed E-state index contributed by atoms with van der Waals surface area (Å²) in [6.07, 6.45) is 4.98. The molecule has 1 aromatic heterocycles. The molecule has 0 saturated heterocycles. The molecule has 0 aliphatic heterocycles. The minimum atomic E-state index is 0.519. The molecule has 0 unspecified atom stereocenters. The van der Waals surface area contributed by atoms with Crippen molar-refractivity contribution in [2.45, 2.75) is 39.5 Å². The zero-order valence-corrected chi connectivity index (χ0v) is 10.8. The molecule has 17 heavy (non-hydrogen) atoms. The number of nitrogen functional groups attached to an aromatic ring is 1. The molecular weight excluding hydrogens is 214 g/mol. The number of rotatable bonds is 8. The Bertz CT molecular complexity index is 328. The van der Waals surface area contributed by atoms with Gasteiger partial charge in [-0.2, -0.15) is 4.98 Å². The number of hydrogen-bond donors (Lipinski definition) is 2. The van der Waals surface area contributed by atoms with E-state index in [1.807, 2.05) is 19.1 Å². The molecule has 1 rings (SSSR count). The van der Waals surface area contributed by atoms with Crippen molar-refractivity contribution < 1.29 is 4.74 Å². The van der Waals surface area contributed by atoms with Crippen LogP contribution in [0.5, 0.6) is 5.88 Å². The second-order valence-corrected chi connectivity index (χ2v) is 4.01. The number of aromatic nitrogens is 1. The molecule has 0 atom stereocenters. The van der Waals surface area contributed by atoms with Gasteiger partial charge in [0.15, 0.2) is 0 Å². The molecule has 1 aromatic rings. The summed E-state index contributed by atoms with van der Waals surface area (Å²) in [5, 5.41) is 3.28. The minimum absolute atomic E-state index is 0.519. The van der Waals surface area contributed by atoms with Gasteiger partial charge in [0, 0.05) is 6.54 Å². The van der Waals surface area contributed by atoms with Crippen molar-refractivity contribution in [3.8, 4) is 5.88 Å². The second kappa shape index (κ2) is 7.76. The average Bonchev–Trinajstić information content (AvgIpc) is 2.33. The molecule has 0 radical (unpaired) electrons. The monoisotopic (exact) mass is 237 g/mol. The number of pyridine rings is 1. The van der Waals surface area contributed by atoms with E-state index in [-0.39, 0.29) is 0 Å². The third kappa shape index (κ3) is 4.93. The Morgan fingerprint density at radius 3 is 2.76 bits per heavy atom. The summed E-state index contributed by atoms with van der Waals surface area (Å²) < 4.78 is 5.35. The summed E-state index contributed by atoms with van der Waals surface area (Å²) in [5.41, 5.74) is 6.34. The van der Waals surface area contributed by atoms with Gasteiger partial charge < -0.3 is 15.8 Å². The second-order valence-electron chi connectivity index (χ2n) is 4.01. The molecule has 0 fully saturated rings. The Labute approximate surface area is 104 Å². The van der Waals surface area contributed by atoms with E-state index >= 15 is 0 Å². The quantitative estimate of drug-likeness (QED) is 0.682. The number of nitrogens with zero attached hydrogens (tertiary/aromatic N) is 1. The van der Waals surface area contributed by atoms with Gasteiger partial charge in [-0.25, -0.2) is 0 Å². The van der Waals surface area contributed by atoms with Crippen LogP contribution in [0.2, 0.25) is 0 Å². The summed E-state index contributed by atoms with van der Waals surface area (Å²) in [6, 6.07) is 3.71. The predicted octanol–water partition coefficient (Wildman–Crippen LogP) is 3.05. The van der Waals surface area contributed by atoms with Crippen LogP contribution in [-0.4, -0.2) is 18.1 Å². The Hall–Kier alpha value is -1.45. The highest BCUT2D eigenvalue weighted by molar-refractivity contribution is 5.53. The first kappa shape index (κ1) is 13.6. The van der Waals surface area contributed by atoms with Crippen molar-refractivity contribution >= 4 is 11.5 Å². The molecule has 0 bridgehead atoms. The van der Waals surface area contributed by atoms with E-state index in [1.54, 1.807) is 0 Å². The minimum Gasteiger partial charge on any atom is -0.476 e. The van der Waals surface area contributed by atoms with Crippen LogP contribution in [0.15, 0.2) is 12.1 Å². The lowest BCUT2D eigenvalue weighted by atomic mass is 10.2. The highest BCUT2D eigenvalue weighted by atomic mass is 16.5. The maximum absolute atomic E-state index is 5.75. The molecule has 0 amide bonds. The molecule has 0 aromatic carbocycles. The summed E-state index contributed by atoms with van der Waals surface area (Å²) in [7, 11) is 0. The lowest BCUT2D eigenvalue weighted by Gasteiger charge is -2.09. The maximum atomic E-state index is 5.75. The van der Waals surface area contributed by atoms with Gasteiger partial charge in [0.25, 0.3) is 0 Å². The van der Waals surface area contributed by atoms with Crippen molar-refractivity contribution in [1.29, 1.82) is 0 Å². The van der Waals surface area contributed by atoms with Gasteiger partial charge in [0.1, 0.15) is 5.82 Å². The van der Waals surface area contributed by atoms with Gasteiger partial charge in [-0.05, 0) is 25.5 Å². The fourth-order valence-corrected chi connectivity index (χ4v) is 1.57. The van der Waals surface area contributed by atoms with Gasteiger partial charge >= 0.3 is 0 Å². The lowest BCUT2D eigenvalue weighted by molar-refractivity contribution is 0.329. The number of unbranched alkanes of at least 4 members (excludes halogenated alkanes) is 3. The van der Waals surface area contributed by atoms with Crippen molar-refractivity contribution in [2.24, 2.45) is 0 Å². The lowest BCUT2D eigenvalue weighted by Crippen LogP contribution is -2.06. The summed E-state index contributed by atoms with van der Waals surface area (Å²) in [6.45, 7) is 5.66. The van der Waals surface area contributed by atoms with Crippen LogP contribution in [0, 0.1) is 0 Å². The Morgan fingerprint density at radius 2 is 2.06 bits per heavy atom. The molecule has 0 saturated carbocycles. The van der Waals surface area contributed by atoms with Crippen LogP contribution in [0.25, 0.3) is 0 Å². The largest absolute Gasteiger partial charge is 0.476 e. The molecule has 96 valence electrons. The van der Waals surface area contributed by atoms with E-state index in [4.69, 9.17) is 10.5 Å². The standard InChI is InChI=1S/C13H23N3O/c1-3-5-6-7-10-15-12-9-8-11(14)13(16-12)17-4-2/h8-9H,3-7,10,14H2,1-2H3,(H,15,16). The van der Waals surface area contributed by atoms with Crippen LogP contribution in [-0.2, 0) is 0 Å². The van der Waals surface area contributed by atoms with Crippen molar-refractivity contribution in [3.63, 3.8) is 0 Å². The summed E-state index contributed by atoms with van der Waals surface area (Å²) in [5.74, 6) is 1.35. The Balaban J connectivity index is 2.40. The van der Waals surface area contributed by atoms with E-state index in [0.29, 0.717) is 18.2 Å². The van der Waals surface area contributed by atoms with Gasteiger partial charge in [0.2, 0.25) is 5.88 Å². The fraction of sp³-hybridized carbons (Fsp3) is 0.615. The van der Waals surface area contributed by atoms with Crippen LogP contribution in [0.4, 0.5) is 11.5 Å². The number of nitrogens with one attached hydrogen (secondary N) is 1. The van der Waals surface area contributed by atoms with E-state index < -0.39 is 0 Å². The first-order chi connectivity index (χ1) is 8.27. The van der Waals surface area contributed by atoms with E-state index in [0.717, 1.165) is 12.4 Å². The Morgan fingerprint density at radius 1 is 1.24 bits per heavy atom. The molecule has 3 N–H and O–H groups in total. The molecule has 1 heterocycles. The van der Waals surface area contributed by atoms with Crippen LogP contribution < -0.4 is 15.8 Å². The molecule has 4 heteroatoms. The predicted molar refractivity (Wildman–Crippen MR) is 72.5 cm³/mol. The summed E-state index contributed by atoms with van der Waals surface area (Å²) in [4.78, 5) is 4.32. The fourth-order valence-electron chi connectivity index (χ4n) is 1.57. The third-order valence-corrected chi connectivity index (χ3v) is 2.51. The first-order valence-electron chi connectivity index (χ1n) is 6.41. The van der Waals surface area contributed by atoms with Gasteiger partial charge in [-0.1, -0.05) is 26.2 Å². The smallest absolute Gasteiger partial charge is 0.239 e. The third-order valence-electron chi connectivity index (χ3n) is 2.51. The molecule has 0 aliphatic carbocycles. The zero-order valence-electron chi connectivity index (χ0n) is 10.8. The van der Waals surface area contributed by atoms with Crippen LogP contribution in [0.1, 0.15) is 39.5 Å². The number of anilines is 2. The SMILES string of the molecule is CCCCCCNc1ccc(N)c(OCC)n1. The number of nitrogens with two attached hydrogens (primary N) is 1. The molecular formula is C13H23N3O. The average molecular weight is 237 g/mol. The number of hydrogen-bond acceptors (Lipinski definition) is 4. The first-order valence-corrected chi connectivity index (χ1v) is 6.41. The molecule has 0 spiro atoms. The molecule has 0 aliphatic rings. The highest BCUT2D eigenvalue weighted by Crippen LogP contribution is 2.20. The van der Waals surface area contributed by atoms with Gasteiger partial charge in [-0.3, -0.25) is 0 Å². The zero-order chi connectivity index (χ0) is 12.5. The topological polar surface area (TPSA) is 60.2 Å². The van der Waals surface area contributed by atoms with E-state index in [1.165, 1.54) is 25.7 Å². The van der Waals surface area contributed by atoms with Crippen LogP contribution in [0.3, 0.4) is 0 Å². The highest BCUT2D eigenvalue weighted by Gasteiger charge is 2.02. The van der Waals surface area contributed by atoms with Gasteiger partial charge in [0.05, 0.1) is 12.3 Å². The molecule has 4 nitrogen and oxygen atoms in total. The maximum Gasteiger partial charge on any atom is 0.239 e. The van der Waals surface area contributed by atoms with Gasteiger partial charge in [-0.15, -0.1) is 0 Å².